The number of aromatic nitrogens is 1. The molecule has 0 aliphatic rings. The fraction of sp³-hybridized carbons (Fsp3) is 0.0556. The predicted octanol–water partition coefficient (Wildman–Crippen LogP) is 3.35. The number of nitrogens with zero attached hydrogens (tertiary/aromatic N) is 2. The number of phenolic OH excluding ortho intramolecular Hbond substituents is 1. The minimum absolute atomic E-state index is 0.102. The summed E-state index contributed by atoms with van der Waals surface area (Å²) < 4.78 is 12.9. The first-order chi connectivity index (χ1) is 12.1. The van der Waals surface area contributed by atoms with E-state index in [0.717, 1.165) is 16.1 Å². The van der Waals surface area contributed by atoms with Crippen LogP contribution in [-0.4, -0.2) is 22.2 Å². The van der Waals surface area contributed by atoms with Crippen LogP contribution in [0.4, 0.5) is 4.39 Å². The Kier molecular flexibility index (Phi) is 5.15. The number of hydrogen-bond donors (Lipinski definition) is 2. The zero-order chi connectivity index (χ0) is 17.6. The van der Waals surface area contributed by atoms with E-state index < -0.39 is 0 Å². The maximum Gasteiger partial charge on any atom is 0.246 e. The van der Waals surface area contributed by atoms with Gasteiger partial charge < -0.3 is 5.11 Å². The van der Waals surface area contributed by atoms with Crippen LogP contribution in [0.3, 0.4) is 0 Å². The van der Waals surface area contributed by atoms with E-state index in [1.54, 1.807) is 29.6 Å². The number of carbonyl (C=O) groups is 1. The van der Waals surface area contributed by atoms with Crippen molar-refractivity contribution in [3.05, 3.63) is 71.0 Å². The van der Waals surface area contributed by atoms with Crippen LogP contribution in [0, 0.1) is 5.82 Å². The lowest BCUT2D eigenvalue weighted by atomic mass is 10.2. The molecular weight excluding hydrogens is 341 g/mol. The largest absolute Gasteiger partial charge is 0.508 e. The van der Waals surface area contributed by atoms with Gasteiger partial charge in [-0.2, -0.15) is 5.10 Å². The smallest absolute Gasteiger partial charge is 0.246 e. The summed E-state index contributed by atoms with van der Waals surface area (Å²) in [5, 5.41) is 15.6. The average molecular weight is 355 g/mol. The fourth-order valence-electron chi connectivity index (χ4n) is 2.06. The molecule has 0 aliphatic carbocycles. The third-order valence-corrected chi connectivity index (χ3v) is 4.22. The summed E-state index contributed by atoms with van der Waals surface area (Å²) in [5.41, 5.74) is 4.62. The zero-order valence-corrected chi connectivity index (χ0v) is 13.8. The molecule has 5 nitrogen and oxygen atoms in total. The summed E-state index contributed by atoms with van der Waals surface area (Å²) in [4.78, 5) is 16.3. The second kappa shape index (κ2) is 7.67. The Labute approximate surface area is 147 Å². The van der Waals surface area contributed by atoms with Crippen LogP contribution in [0.25, 0.3) is 10.6 Å². The Morgan fingerprint density at radius 2 is 1.92 bits per heavy atom. The SMILES string of the molecule is O=C(Cc1csc(-c2ccc(F)cc2)n1)N/N=C/c1ccc(O)cc1. The monoisotopic (exact) mass is 355 g/mol. The molecule has 2 aromatic carbocycles. The standard InChI is InChI=1S/C18H14FN3O2S/c19-14-5-3-13(4-6-14)18-21-15(11-25-18)9-17(24)22-20-10-12-1-7-16(23)8-2-12/h1-8,10-11,23H,9H2,(H,22,24)/b20-10+. The molecule has 1 amide bonds. The summed E-state index contributed by atoms with van der Waals surface area (Å²) in [6, 6.07) is 12.5. The normalized spacial score (nSPS) is 10.9. The van der Waals surface area contributed by atoms with Crippen molar-refractivity contribution in [1.82, 2.24) is 10.4 Å². The van der Waals surface area contributed by atoms with Crippen LogP contribution in [0.2, 0.25) is 0 Å². The van der Waals surface area contributed by atoms with Crippen LogP contribution >= 0.6 is 11.3 Å². The van der Waals surface area contributed by atoms with E-state index in [-0.39, 0.29) is 23.9 Å². The van der Waals surface area contributed by atoms with Gasteiger partial charge in [-0.25, -0.2) is 14.8 Å². The van der Waals surface area contributed by atoms with Crippen molar-refractivity contribution in [3.8, 4) is 16.3 Å². The van der Waals surface area contributed by atoms with E-state index in [2.05, 4.69) is 15.5 Å². The summed E-state index contributed by atoms with van der Waals surface area (Å²) in [7, 11) is 0. The van der Waals surface area contributed by atoms with Gasteiger partial charge >= 0.3 is 0 Å². The van der Waals surface area contributed by atoms with Crippen molar-refractivity contribution in [2.75, 3.05) is 0 Å². The van der Waals surface area contributed by atoms with Crippen molar-refractivity contribution < 1.29 is 14.3 Å². The molecule has 0 radical (unpaired) electrons. The summed E-state index contributed by atoms with van der Waals surface area (Å²) in [5.74, 6) is -0.418. The summed E-state index contributed by atoms with van der Waals surface area (Å²) in [6.45, 7) is 0. The highest BCUT2D eigenvalue weighted by atomic mass is 32.1. The van der Waals surface area contributed by atoms with Crippen molar-refractivity contribution >= 4 is 23.5 Å². The highest BCUT2D eigenvalue weighted by Crippen LogP contribution is 2.24. The van der Waals surface area contributed by atoms with E-state index in [0.29, 0.717) is 5.69 Å². The molecule has 1 heterocycles. The van der Waals surface area contributed by atoms with E-state index in [4.69, 9.17) is 0 Å². The number of rotatable bonds is 5. The van der Waals surface area contributed by atoms with Crippen LogP contribution in [0.1, 0.15) is 11.3 Å². The van der Waals surface area contributed by atoms with Crippen molar-refractivity contribution in [1.29, 1.82) is 0 Å². The Bertz CT molecular complexity index is 889. The third kappa shape index (κ3) is 4.71. The summed E-state index contributed by atoms with van der Waals surface area (Å²) in [6.07, 6.45) is 1.59. The molecule has 3 aromatic rings. The molecule has 0 atom stereocenters. The molecule has 0 spiro atoms. The number of phenols is 1. The van der Waals surface area contributed by atoms with E-state index in [1.807, 2.05) is 0 Å². The number of benzene rings is 2. The molecule has 0 saturated heterocycles. The first-order valence-electron chi connectivity index (χ1n) is 7.41. The molecule has 0 bridgehead atoms. The number of amides is 1. The highest BCUT2D eigenvalue weighted by Gasteiger charge is 2.08. The van der Waals surface area contributed by atoms with Gasteiger partial charge in [0.1, 0.15) is 16.6 Å². The van der Waals surface area contributed by atoms with Crippen LogP contribution in [-0.2, 0) is 11.2 Å². The molecule has 0 aliphatic heterocycles. The van der Waals surface area contributed by atoms with Crippen LogP contribution < -0.4 is 5.43 Å². The fourth-order valence-corrected chi connectivity index (χ4v) is 2.88. The van der Waals surface area contributed by atoms with E-state index in [9.17, 15) is 14.3 Å². The number of carbonyl (C=O) groups excluding carboxylic acids is 1. The van der Waals surface area contributed by atoms with Gasteiger partial charge in [0.15, 0.2) is 0 Å². The third-order valence-electron chi connectivity index (χ3n) is 3.28. The van der Waals surface area contributed by atoms with Gasteiger partial charge in [0.05, 0.1) is 18.3 Å². The molecule has 126 valence electrons. The van der Waals surface area contributed by atoms with Crippen molar-refractivity contribution in [2.45, 2.75) is 6.42 Å². The minimum atomic E-state index is -0.300. The zero-order valence-electron chi connectivity index (χ0n) is 13.0. The predicted molar refractivity (Wildman–Crippen MR) is 95.1 cm³/mol. The number of thiazole rings is 1. The van der Waals surface area contributed by atoms with Gasteiger partial charge in [0.2, 0.25) is 5.91 Å². The molecule has 2 N–H and O–H groups in total. The molecule has 25 heavy (non-hydrogen) atoms. The van der Waals surface area contributed by atoms with Gasteiger partial charge in [-0.05, 0) is 54.1 Å². The molecule has 0 unspecified atom stereocenters. The van der Waals surface area contributed by atoms with Gasteiger partial charge in [0, 0.05) is 10.9 Å². The van der Waals surface area contributed by atoms with Gasteiger partial charge in [-0.3, -0.25) is 4.79 Å². The average Bonchev–Trinajstić information content (AvgIpc) is 3.06. The quantitative estimate of drug-likeness (QED) is 0.544. The molecule has 7 heteroatoms. The molecular formula is C18H14FN3O2S. The number of hydrazone groups is 1. The van der Waals surface area contributed by atoms with Crippen molar-refractivity contribution in [3.63, 3.8) is 0 Å². The number of nitrogens with one attached hydrogen (secondary N) is 1. The first kappa shape index (κ1) is 16.8. The summed E-state index contributed by atoms with van der Waals surface area (Å²) >= 11 is 1.40. The maximum absolute atomic E-state index is 12.9. The lowest BCUT2D eigenvalue weighted by Gasteiger charge is -1.98. The number of hydrogen-bond acceptors (Lipinski definition) is 5. The number of aromatic hydroxyl groups is 1. The lowest BCUT2D eigenvalue weighted by molar-refractivity contribution is -0.120. The highest BCUT2D eigenvalue weighted by molar-refractivity contribution is 7.13. The van der Waals surface area contributed by atoms with Crippen LogP contribution in [0.5, 0.6) is 5.75 Å². The van der Waals surface area contributed by atoms with Crippen molar-refractivity contribution in [2.24, 2.45) is 5.10 Å². The number of halogens is 1. The van der Waals surface area contributed by atoms with Gasteiger partial charge in [-0.1, -0.05) is 0 Å². The first-order valence-corrected chi connectivity index (χ1v) is 8.29. The topological polar surface area (TPSA) is 74.6 Å². The lowest BCUT2D eigenvalue weighted by Crippen LogP contribution is -2.19. The molecule has 3 rings (SSSR count). The Balaban J connectivity index is 1.56. The Morgan fingerprint density at radius 3 is 2.64 bits per heavy atom. The second-order valence-electron chi connectivity index (χ2n) is 5.21. The minimum Gasteiger partial charge on any atom is -0.508 e. The Hall–Kier alpha value is -3.06. The van der Waals surface area contributed by atoms with Gasteiger partial charge in [-0.15, -0.1) is 11.3 Å². The molecule has 0 fully saturated rings. The molecule has 0 saturated carbocycles. The van der Waals surface area contributed by atoms with Crippen LogP contribution in [0.15, 0.2) is 59.0 Å². The van der Waals surface area contributed by atoms with E-state index in [1.165, 1.54) is 41.8 Å². The second-order valence-corrected chi connectivity index (χ2v) is 6.07. The maximum atomic E-state index is 12.9. The molecule has 1 aromatic heterocycles. The van der Waals surface area contributed by atoms with E-state index >= 15 is 0 Å². The Morgan fingerprint density at radius 1 is 1.20 bits per heavy atom. The van der Waals surface area contributed by atoms with Gasteiger partial charge in [0.25, 0.3) is 0 Å².